The Hall–Kier alpha value is -1.30. The summed E-state index contributed by atoms with van der Waals surface area (Å²) in [6.45, 7) is 3.91. The molecule has 0 radical (unpaired) electrons. The zero-order valence-corrected chi connectivity index (χ0v) is 14.4. The lowest BCUT2D eigenvalue weighted by molar-refractivity contribution is -0.310. The highest BCUT2D eigenvalue weighted by Crippen LogP contribution is 2.26. The molecule has 25 heavy (non-hydrogen) atoms. The number of aliphatic hydroxyl groups excluding tert-OH is 3. The van der Waals surface area contributed by atoms with E-state index in [1.54, 1.807) is 13.8 Å². The van der Waals surface area contributed by atoms with Crippen molar-refractivity contribution in [2.45, 2.75) is 76.0 Å². The van der Waals surface area contributed by atoms with Gasteiger partial charge in [0.05, 0.1) is 31.2 Å². The average molecular weight is 366 g/mol. The average Bonchev–Trinajstić information content (AvgIpc) is 2.44. The van der Waals surface area contributed by atoms with E-state index >= 15 is 0 Å². The summed E-state index contributed by atoms with van der Waals surface area (Å²) < 4.78 is 15.6. The van der Waals surface area contributed by atoms with Crippen LogP contribution in [0.25, 0.3) is 0 Å². The molecule has 0 saturated carbocycles. The van der Waals surface area contributed by atoms with Gasteiger partial charge in [0, 0.05) is 0 Å². The van der Waals surface area contributed by atoms with Gasteiger partial charge in [0.25, 0.3) is 0 Å². The molecule has 146 valence electrons. The summed E-state index contributed by atoms with van der Waals surface area (Å²) in [4.78, 5) is 22.6. The molecule has 0 aliphatic carbocycles. The monoisotopic (exact) mass is 366 g/mol. The maximum Gasteiger partial charge on any atom is 0.309 e. The van der Waals surface area contributed by atoms with E-state index in [0.717, 1.165) is 6.92 Å². The molecular weight excluding hydrogens is 340 g/mol. The Labute approximate surface area is 144 Å². The van der Waals surface area contributed by atoms with Crippen molar-refractivity contribution in [2.24, 2.45) is 0 Å². The van der Waals surface area contributed by atoms with E-state index in [0.29, 0.717) is 0 Å². The maximum absolute atomic E-state index is 11.9. The molecule has 10 heteroatoms. The normalized spacial score (nSPS) is 32.2. The van der Waals surface area contributed by atoms with E-state index < -0.39 is 67.7 Å². The van der Waals surface area contributed by atoms with Crippen LogP contribution in [0.2, 0.25) is 0 Å². The van der Waals surface area contributed by atoms with Crippen molar-refractivity contribution in [1.82, 2.24) is 0 Å². The number of rotatable bonds is 8. The third-order valence-electron chi connectivity index (χ3n) is 3.55. The van der Waals surface area contributed by atoms with Gasteiger partial charge in [0.15, 0.2) is 12.4 Å². The minimum absolute atomic E-state index is 0.323. The smallest absolute Gasteiger partial charge is 0.309 e. The van der Waals surface area contributed by atoms with Gasteiger partial charge in [0.1, 0.15) is 18.3 Å². The number of carbonyl (C=O) groups excluding carboxylic acids is 1. The molecule has 0 aromatic heterocycles. The number of carbonyl (C=O) groups is 2. The summed E-state index contributed by atoms with van der Waals surface area (Å²) in [7, 11) is 0. The number of hydrogen-bond donors (Lipinski definition) is 5. The molecule has 1 aliphatic rings. The largest absolute Gasteiger partial charge is 0.481 e. The summed E-state index contributed by atoms with van der Waals surface area (Å²) in [5.74, 6) is -2.30. The van der Waals surface area contributed by atoms with Gasteiger partial charge in [-0.25, -0.2) is 0 Å². The van der Waals surface area contributed by atoms with Crippen molar-refractivity contribution >= 4 is 11.9 Å². The Morgan fingerprint density at radius 1 is 1.20 bits per heavy atom. The van der Waals surface area contributed by atoms with Crippen LogP contribution in [-0.2, 0) is 23.8 Å². The highest BCUT2D eigenvalue weighted by molar-refractivity contribution is 5.74. The molecule has 0 aromatic carbocycles. The van der Waals surface area contributed by atoms with Crippen LogP contribution in [0.15, 0.2) is 0 Å². The number of aliphatic hydroxyl groups is 4. The van der Waals surface area contributed by atoms with Crippen LogP contribution >= 0.6 is 0 Å². The summed E-state index contributed by atoms with van der Waals surface area (Å²) in [6.07, 6.45) is -8.54. The lowest BCUT2D eigenvalue weighted by atomic mass is 9.97. The molecule has 1 rings (SSSR count). The minimum Gasteiger partial charge on any atom is -0.481 e. The van der Waals surface area contributed by atoms with Crippen LogP contribution in [0.1, 0.15) is 33.6 Å². The first-order valence-corrected chi connectivity index (χ1v) is 7.88. The Balaban J connectivity index is 2.76. The molecule has 10 nitrogen and oxygen atoms in total. The first kappa shape index (κ1) is 21.7. The van der Waals surface area contributed by atoms with Gasteiger partial charge in [-0.15, -0.1) is 0 Å². The third-order valence-corrected chi connectivity index (χ3v) is 3.55. The summed E-state index contributed by atoms with van der Waals surface area (Å²) in [6, 6.07) is 0. The molecule has 0 spiro atoms. The predicted molar refractivity (Wildman–Crippen MR) is 81.4 cm³/mol. The molecule has 0 unspecified atom stereocenters. The van der Waals surface area contributed by atoms with Crippen LogP contribution in [0, 0.1) is 0 Å². The molecule has 1 aliphatic heterocycles. The van der Waals surface area contributed by atoms with E-state index in [1.807, 2.05) is 0 Å². The second kappa shape index (κ2) is 8.88. The fraction of sp³-hybridized carbons (Fsp3) is 0.867. The third kappa shape index (κ3) is 6.49. The highest BCUT2D eigenvalue weighted by atomic mass is 16.7. The Morgan fingerprint density at radius 2 is 1.80 bits per heavy atom. The van der Waals surface area contributed by atoms with E-state index in [2.05, 4.69) is 0 Å². The van der Waals surface area contributed by atoms with Crippen LogP contribution in [0.5, 0.6) is 0 Å². The van der Waals surface area contributed by atoms with Crippen molar-refractivity contribution in [3.63, 3.8) is 0 Å². The summed E-state index contributed by atoms with van der Waals surface area (Å²) in [5.41, 5.74) is -1.85. The predicted octanol–water partition coefficient (Wildman–Crippen LogP) is -1.62. The lowest BCUT2D eigenvalue weighted by Crippen LogP contribution is -2.61. The summed E-state index contributed by atoms with van der Waals surface area (Å²) >= 11 is 0. The minimum atomic E-state index is -1.85. The van der Waals surface area contributed by atoms with Gasteiger partial charge < -0.3 is 39.7 Å². The Morgan fingerprint density at radius 3 is 2.28 bits per heavy atom. The van der Waals surface area contributed by atoms with E-state index in [1.165, 1.54) is 0 Å². The van der Waals surface area contributed by atoms with Gasteiger partial charge in [-0.2, -0.15) is 0 Å². The van der Waals surface area contributed by atoms with Crippen LogP contribution in [-0.4, -0.2) is 86.5 Å². The second-order valence-electron chi connectivity index (χ2n) is 6.59. The molecule has 0 amide bonds. The number of esters is 1. The molecule has 6 atom stereocenters. The maximum atomic E-state index is 11.9. The fourth-order valence-corrected chi connectivity index (χ4v) is 2.47. The lowest BCUT2D eigenvalue weighted by Gasteiger charge is -2.42. The molecule has 0 aromatic rings. The first-order valence-electron chi connectivity index (χ1n) is 7.88. The van der Waals surface area contributed by atoms with Gasteiger partial charge in [-0.1, -0.05) is 0 Å². The quantitative estimate of drug-likeness (QED) is 0.315. The number of carboxylic acids is 1. The van der Waals surface area contributed by atoms with Crippen molar-refractivity contribution < 1.29 is 49.3 Å². The second-order valence-corrected chi connectivity index (χ2v) is 6.59. The van der Waals surface area contributed by atoms with Crippen molar-refractivity contribution in [1.29, 1.82) is 0 Å². The fourth-order valence-electron chi connectivity index (χ4n) is 2.47. The number of aliphatic carboxylic acids is 1. The van der Waals surface area contributed by atoms with Gasteiger partial charge in [0.2, 0.25) is 0 Å². The molecular formula is C15H26O10. The standard InChI is InChI=1S/C15H26O10/c1-7(2)23-14-12(21)11(20)13(8(6-16)24-14)25-10(19)5-15(3,22)4-9(17)18/h7-8,11-14,16,20-22H,4-6H2,1-3H3,(H,17,18)/t8-,11-,12+,13+,14-,15+/m0/s1. The first-order chi connectivity index (χ1) is 11.5. The molecule has 5 N–H and O–H groups in total. The Bertz CT molecular complexity index is 461. The Kier molecular flexibility index (Phi) is 7.72. The van der Waals surface area contributed by atoms with Crippen LogP contribution < -0.4 is 0 Å². The molecule has 0 bridgehead atoms. The molecule has 1 heterocycles. The zero-order valence-electron chi connectivity index (χ0n) is 14.4. The van der Waals surface area contributed by atoms with E-state index in [-0.39, 0.29) is 6.10 Å². The number of ether oxygens (including phenoxy) is 3. The van der Waals surface area contributed by atoms with Crippen LogP contribution in [0.3, 0.4) is 0 Å². The van der Waals surface area contributed by atoms with Gasteiger partial charge >= 0.3 is 11.9 Å². The SMILES string of the molecule is CC(C)O[C@H]1O[C@@H](CO)[C@@H](OC(=O)C[C@](C)(O)CC(=O)O)[C@@H](O)[C@H]1O. The summed E-state index contributed by atoms with van der Waals surface area (Å²) in [5, 5.41) is 48.1. The van der Waals surface area contributed by atoms with Crippen molar-refractivity contribution in [3.8, 4) is 0 Å². The number of carboxylic acid groups (broad SMARTS) is 1. The molecule has 1 fully saturated rings. The van der Waals surface area contributed by atoms with E-state index in [9.17, 15) is 30.0 Å². The van der Waals surface area contributed by atoms with Crippen LogP contribution in [0.4, 0.5) is 0 Å². The topological polar surface area (TPSA) is 163 Å². The number of hydrogen-bond acceptors (Lipinski definition) is 9. The van der Waals surface area contributed by atoms with E-state index in [4.69, 9.17) is 19.3 Å². The highest BCUT2D eigenvalue weighted by Gasteiger charge is 2.47. The van der Waals surface area contributed by atoms with Crippen molar-refractivity contribution in [3.05, 3.63) is 0 Å². The zero-order chi connectivity index (χ0) is 19.4. The van der Waals surface area contributed by atoms with Gasteiger partial charge in [-0.3, -0.25) is 9.59 Å². The van der Waals surface area contributed by atoms with Crippen molar-refractivity contribution in [2.75, 3.05) is 6.61 Å². The molecule has 1 saturated heterocycles. The van der Waals surface area contributed by atoms with Gasteiger partial charge in [-0.05, 0) is 20.8 Å².